The number of urea groups is 1. The third kappa shape index (κ3) is 10.5. The Labute approximate surface area is 385 Å². The summed E-state index contributed by atoms with van der Waals surface area (Å²) in [6.07, 6.45) is 10.0. The van der Waals surface area contributed by atoms with Crippen LogP contribution in [0.2, 0.25) is 0 Å². The number of aldehydes is 1. The lowest BCUT2D eigenvalue weighted by molar-refractivity contribution is -0.134. The standard InChI is InChI=1S/C48H56FN9O6.C2H6/c1-29-8-12-41(40(49)22-29)52-44-39(28-59)43(30(2)47(63)55(44)4)58(48(64)54(3)35-9-10-35)36-7-5-6-34(24-36)51-45(61)32-16-18-56(19-17-32)27-31-14-20-57(21-15-31)37-23-33(25-50-26-37)38-11-13-42(60)53-46(38)62;1-2/h5-8,12,22-26,28,31-32,35,38,52H,9-11,13-21,27H2,1-4H3,(H,51,61)(H,53,60,62);1-2H3. The molecule has 16 heteroatoms. The van der Waals surface area contributed by atoms with Crippen molar-refractivity contribution >= 4 is 64.3 Å². The van der Waals surface area contributed by atoms with Crippen LogP contribution in [0.25, 0.3) is 0 Å². The fourth-order valence-corrected chi connectivity index (χ4v) is 9.36. The molecule has 1 unspecified atom stereocenters. The second-order valence-corrected chi connectivity index (χ2v) is 17.8. The number of pyridine rings is 2. The minimum atomic E-state index is -0.564. The van der Waals surface area contributed by atoms with E-state index in [9.17, 15) is 28.8 Å². The van der Waals surface area contributed by atoms with Crippen LogP contribution in [0.15, 0.2) is 65.7 Å². The molecule has 4 aromatic rings. The molecule has 3 saturated heterocycles. The molecule has 1 saturated carbocycles. The van der Waals surface area contributed by atoms with Gasteiger partial charge in [0.2, 0.25) is 17.7 Å². The maximum atomic E-state index is 15.1. The van der Waals surface area contributed by atoms with Crippen LogP contribution in [-0.4, -0.2) is 95.2 Å². The first kappa shape index (κ1) is 47.5. The summed E-state index contributed by atoms with van der Waals surface area (Å²) in [5.41, 5.74) is 3.15. The lowest BCUT2D eigenvalue weighted by Gasteiger charge is -2.38. The number of aromatic nitrogens is 2. The van der Waals surface area contributed by atoms with Gasteiger partial charge in [0.05, 0.1) is 40.4 Å². The minimum absolute atomic E-state index is 0.00186. The summed E-state index contributed by atoms with van der Waals surface area (Å²) in [5.74, 6) is -1.19. The summed E-state index contributed by atoms with van der Waals surface area (Å²) >= 11 is 0. The number of benzene rings is 2. The molecule has 0 radical (unpaired) electrons. The number of carbonyl (C=O) groups excluding carboxylic acids is 5. The first-order valence-electron chi connectivity index (χ1n) is 23.2. The highest BCUT2D eigenvalue weighted by Gasteiger charge is 2.37. The van der Waals surface area contributed by atoms with Crippen molar-refractivity contribution in [2.75, 3.05) is 60.2 Å². The minimum Gasteiger partial charge on any atom is -0.370 e. The lowest BCUT2D eigenvalue weighted by Crippen LogP contribution is -2.43. The number of nitrogens with one attached hydrogen (secondary N) is 3. The van der Waals surface area contributed by atoms with Crippen molar-refractivity contribution in [1.82, 2.24) is 24.7 Å². The first-order valence-corrected chi connectivity index (χ1v) is 23.2. The number of hydrogen-bond acceptors (Lipinski definition) is 10. The van der Waals surface area contributed by atoms with Gasteiger partial charge in [-0.25, -0.2) is 9.18 Å². The largest absolute Gasteiger partial charge is 0.370 e. The van der Waals surface area contributed by atoms with Crippen molar-refractivity contribution in [2.45, 2.75) is 91.0 Å². The molecule has 4 fully saturated rings. The number of piperidine rings is 3. The predicted molar refractivity (Wildman–Crippen MR) is 254 cm³/mol. The van der Waals surface area contributed by atoms with E-state index < -0.39 is 17.4 Å². The number of carbonyl (C=O) groups is 5. The Morgan fingerprint density at radius 3 is 2.32 bits per heavy atom. The van der Waals surface area contributed by atoms with E-state index in [1.807, 2.05) is 26.1 Å². The summed E-state index contributed by atoms with van der Waals surface area (Å²) in [5, 5.41) is 8.47. The molecule has 8 rings (SSSR count). The number of imide groups is 1. The Kier molecular flexibility index (Phi) is 15.0. The number of aryl methyl sites for hydroxylation is 1. The van der Waals surface area contributed by atoms with Crippen LogP contribution in [0.5, 0.6) is 0 Å². The Balaban J connectivity index is 0.00000320. The van der Waals surface area contributed by atoms with E-state index in [2.05, 4.69) is 30.7 Å². The molecule has 2 aromatic heterocycles. The average Bonchev–Trinajstić information content (AvgIpc) is 4.18. The lowest BCUT2D eigenvalue weighted by atomic mass is 9.90. The number of hydrogen-bond donors (Lipinski definition) is 3. The summed E-state index contributed by atoms with van der Waals surface area (Å²) < 4.78 is 16.3. The second kappa shape index (κ2) is 20.8. The van der Waals surface area contributed by atoms with Crippen molar-refractivity contribution in [3.8, 4) is 0 Å². The van der Waals surface area contributed by atoms with Crippen molar-refractivity contribution < 1.29 is 28.4 Å². The zero-order chi connectivity index (χ0) is 47.2. The van der Waals surface area contributed by atoms with Gasteiger partial charge in [-0.1, -0.05) is 26.0 Å². The number of likely N-dealkylation sites (tertiary alicyclic amines) is 1. The van der Waals surface area contributed by atoms with Crippen LogP contribution in [0.1, 0.15) is 98.2 Å². The maximum absolute atomic E-state index is 15.1. The predicted octanol–water partition coefficient (Wildman–Crippen LogP) is 7.56. The number of anilines is 6. The Morgan fingerprint density at radius 2 is 1.65 bits per heavy atom. The van der Waals surface area contributed by atoms with Gasteiger partial charge in [-0.05, 0) is 125 Å². The topological polar surface area (TPSA) is 169 Å². The van der Waals surface area contributed by atoms with Crippen molar-refractivity contribution in [3.63, 3.8) is 0 Å². The second-order valence-electron chi connectivity index (χ2n) is 17.8. The zero-order valence-corrected chi connectivity index (χ0v) is 38.9. The SMILES string of the molecule is CC.Cc1ccc(Nc2c(C=O)c(N(C(=O)N(C)C3CC3)c3cccc(NC(=O)C4CCN(CC5CCN(c6cncc(C7CCC(=O)NC7=O)c6)CC5)CC4)c3)c(C)c(=O)n2C)c(F)c1. The molecule has 3 N–H and O–H groups in total. The van der Waals surface area contributed by atoms with E-state index in [1.165, 1.54) is 28.6 Å². The Hall–Kier alpha value is -6.42. The van der Waals surface area contributed by atoms with Crippen molar-refractivity contribution in [3.05, 3.63) is 99.3 Å². The molecule has 0 spiro atoms. The molecular weight excluding hydrogens is 842 g/mol. The zero-order valence-electron chi connectivity index (χ0n) is 38.9. The van der Waals surface area contributed by atoms with Gasteiger partial charge >= 0.3 is 6.03 Å². The van der Waals surface area contributed by atoms with Crippen LogP contribution in [0, 0.1) is 31.5 Å². The van der Waals surface area contributed by atoms with E-state index in [-0.39, 0.29) is 63.9 Å². The van der Waals surface area contributed by atoms with E-state index in [0.717, 1.165) is 69.7 Å². The molecule has 3 aliphatic heterocycles. The number of nitrogens with zero attached hydrogens (tertiary/aromatic N) is 6. The highest BCUT2D eigenvalue weighted by molar-refractivity contribution is 6.07. The number of amides is 5. The first-order chi connectivity index (χ1) is 31.8. The van der Waals surface area contributed by atoms with Crippen LogP contribution in [0.4, 0.5) is 43.4 Å². The Morgan fingerprint density at radius 1 is 0.924 bits per heavy atom. The van der Waals surface area contributed by atoms with Gasteiger partial charge in [-0.15, -0.1) is 0 Å². The molecule has 2 aromatic carbocycles. The molecule has 0 bridgehead atoms. The average molecular weight is 904 g/mol. The van der Waals surface area contributed by atoms with Gasteiger partial charge in [-0.2, -0.15) is 0 Å². The molecule has 350 valence electrons. The molecule has 4 aliphatic rings. The van der Waals surface area contributed by atoms with Gasteiger partial charge in [0.15, 0.2) is 6.29 Å². The smallest absolute Gasteiger partial charge is 0.329 e. The van der Waals surface area contributed by atoms with Crippen molar-refractivity contribution in [2.24, 2.45) is 18.9 Å². The molecular formula is C50H62FN9O6. The fourth-order valence-electron chi connectivity index (χ4n) is 9.36. The van der Waals surface area contributed by atoms with Crippen molar-refractivity contribution in [1.29, 1.82) is 0 Å². The fraction of sp³-hybridized carbons (Fsp3) is 0.460. The van der Waals surface area contributed by atoms with Crippen LogP contribution in [0.3, 0.4) is 0 Å². The summed E-state index contributed by atoms with van der Waals surface area (Å²) in [7, 11) is 3.18. The third-order valence-electron chi connectivity index (χ3n) is 13.3. The summed E-state index contributed by atoms with van der Waals surface area (Å²) in [6.45, 7) is 11.6. The van der Waals surface area contributed by atoms with E-state index in [1.54, 1.807) is 62.3 Å². The maximum Gasteiger partial charge on any atom is 0.329 e. The van der Waals surface area contributed by atoms with Gasteiger partial charge in [0.1, 0.15) is 11.6 Å². The van der Waals surface area contributed by atoms with Gasteiger partial charge in [-0.3, -0.25) is 43.7 Å². The normalized spacial score (nSPS) is 18.2. The Bertz CT molecular complexity index is 2530. The summed E-state index contributed by atoms with van der Waals surface area (Å²) in [6, 6.07) is 13.0. The monoisotopic (exact) mass is 903 g/mol. The van der Waals surface area contributed by atoms with Crippen LogP contribution >= 0.6 is 0 Å². The van der Waals surface area contributed by atoms with Crippen LogP contribution < -0.4 is 31.3 Å². The third-order valence-corrected chi connectivity index (χ3v) is 13.3. The molecule has 1 atom stereocenters. The summed E-state index contributed by atoms with van der Waals surface area (Å²) in [4.78, 5) is 91.4. The van der Waals surface area contributed by atoms with Gasteiger partial charge < -0.3 is 25.3 Å². The van der Waals surface area contributed by atoms with E-state index in [0.29, 0.717) is 54.8 Å². The number of rotatable bonds is 12. The highest BCUT2D eigenvalue weighted by Crippen LogP contribution is 2.39. The van der Waals surface area contributed by atoms with E-state index in [4.69, 9.17) is 0 Å². The van der Waals surface area contributed by atoms with E-state index >= 15 is 4.39 Å². The molecule has 1 aliphatic carbocycles. The molecule has 5 heterocycles. The molecule has 66 heavy (non-hydrogen) atoms. The van der Waals surface area contributed by atoms with Gasteiger partial charge in [0.25, 0.3) is 5.56 Å². The van der Waals surface area contributed by atoms with Gasteiger partial charge in [0, 0.05) is 69.6 Å². The van der Waals surface area contributed by atoms with Crippen LogP contribution in [-0.2, 0) is 21.4 Å². The highest BCUT2D eigenvalue weighted by atomic mass is 19.1. The number of halogens is 1. The molecule has 15 nitrogen and oxygen atoms in total. The quantitative estimate of drug-likeness (QED) is 0.0953. The molecule has 5 amide bonds.